The summed E-state index contributed by atoms with van der Waals surface area (Å²) in [6, 6.07) is 7.96. The standard InChI is InChI=1S/C13H10BrFN2OS/c14-12-5-8(6-19-12)13(17-16)11-4-7-3-9(15)1-2-10(7)18-11/h1-6,13,17H,16H2. The molecule has 0 saturated heterocycles. The van der Waals surface area contributed by atoms with Crippen LogP contribution in [0.15, 0.2) is 43.9 Å². The number of thiophene rings is 1. The molecule has 3 N–H and O–H groups in total. The fourth-order valence-electron chi connectivity index (χ4n) is 1.99. The summed E-state index contributed by atoms with van der Waals surface area (Å²) in [5, 5.41) is 2.71. The minimum absolute atomic E-state index is 0.252. The molecule has 19 heavy (non-hydrogen) atoms. The number of nitrogens with two attached hydrogens (primary N) is 1. The molecule has 3 rings (SSSR count). The number of fused-ring (bicyclic) bond motifs is 1. The Morgan fingerprint density at radius 2 is 2.16 bits per heavy atom. The summed E-state index contributed by atoms with van der Waals surface area (Å²) in [5.74, 6) is 5.98. The van der Waals surface area contributed by atoms with Crippen LogP contribution in [-0.2, 0) is 0 Å². The molecule has 3 nitrogen and oxygen atoms in total. The maximum atomic E-state index is 13.2. The summed E-state index contributed by atoms with van der Waals surface area (Å²) in [6.07, 6.45) is 0. The first-order chi connectivity index (χ1) is 9.17. The van der Waals surface area contributed by atoms with Crippen LogP contribution < -0.4 is 11.3 Å². The molecule has 0 aliphatic heterocycles. The van der Waals surface area contributed by atoms with Gasteiger partial charge in [-0.05, 0) is 57.2 Å². The van der Waals surface area contributed by atoms with Crippen LogP contribution >= 0.6 is 27.3 Å². The Morgan fingerprint density at radius 1 is 1.32 bits per heavy atom. The number of hydrazine groups is 1. The van der Waals surface area contributed by atoms with Gasteiger partial charge < -0.3 is 4.42 Å². The van der Waals surface area contributed by atoms with E-state index in [1.54, 1.807) is 23.5 Å². The number of furan rings is 1. The summed E-state index contributed by atoms with van der Waals surface area (Å²) in [5.41, 5.74) is 4.37. The first kappa shape index (κ1) is 12.8. The van der Waals surface area contributed by atoms with E-state index in [4.69, 9.17) is 10.3 Å². The Morgan fingerprint density at radius 3 is 2.84 bits per heavy atom. The largest absolute Gasteiger partial charge is 0.459 e. The molecule has 6 heteroatoms. The van der Waals surface area contributed by atoms with Gasteiger partial charge in [-0.15, -0.1) is 11.3 Å². The van der Waals surface area contributed by atoms with Gasteiger partial charge in [0.05, 0.1) is 3.79 Å². The van der Waals surface area contributed by atoms with E-state index >= 15 is 0 Å². The van der Waals surface area contributed by atoms with Crippen molar-refractivity contribution in [3.05, 3.63) is 56.6 Å². The SMILES string of the molecule is NNC(c1csc(Br)c1)c1cc2cc(F)ccc2o1. The molecular formula is C13H10BrFN2OS. The first-order valence-electron chi connectivity index (χ1n) is 5.56. The second kappa shape index (κ2) is 5.05. The maximum Gasteiger partial charge on any atom is 0.134 e. The molecule has 3 aromatic rings. The monoisotopic (exact) mass is 340 g/mol. The molecule has 1 unspecified atom stereocenters. The molecular weight excluding hydrogens is 331 g/mol. The van der Waals surface area contributed by atoms with Gasteiger partial charge >= 0.3 is 0 Å². The van der Waals surface area contributed by atoms with Gasteiger partial charge in [0.1, 0.15) is 23.2 Å². The second-order valence-electron chi connectivity index (χ2n) is 4.11. The van der Waals surface area contributed by atoms with Crippen LogP contribution in [0.2, 0.25) is 0 Å². The highest BCUT2D eigenvalue weighted by Gasteiger charge is 2.18. The fraction of sp³-hybridized carbons (Fsp3) is 0.0769. The first-order valence-corrected chi connectivity index (χ1v) is 7.23. The Hall–Kier alpha value is -1.21. The van der Waals surface area contributed by atoms with Gasteiger partial charge in [-0.2, -0.15) is 0 Å². The van der Waals surface area contributed by atoms with Crippen molar-refractivity contribution in [1.29, 1.82) is 0 Å². The summed E-state index contributed by atoms with van der Waals surface area (Å²) < 4.78 is 19.9. The van der Waals surface area contributed by atoms with Crippen molar-refractivity contribution < 1.29 is 8.81 Å². The molecule has 2 aromatic heterocycles. The van der Waals surface area contributed by atoms with E-state index in [0.717, 1.165) is 14.7 Å². The molecule has 98 valence electrons. The lowest BCUT2D eigenvalue weighted by Crippen LogP contribution is -2.28. The van der Waals surface area contributed by atoms with Crippen LogP contribution in [0.3, 0.4) is 0 Å². The number of nitrogens with one attached hydrogen (secondary N) is 1. The van der Waals surface area contributed by atoms with E-state index in [1.807, 2.05) is 11.4 Å². The predicted molar refractivity (Wildman–Crippen MR) is 77.4 cm³/mol. The molecule has 0 bridgehead atoms. The smallest absolute Gasteiger partial charge is 0.134 e. The summed E-state index contributed by atoms with van der Waals surface area (Å²) in [4.78, 5) is 0. The molecule has 0 amide bonds. The highest BCUT2D eigenvalue weighted by Crippen LogP contribution is 2.32. The highest BCUT2D eigenvalue weighted by molar-refractivity contribution is 9.11. The van der Waals surface area contributed by atoms with E-state index in [9.17, 15) is 4.39 Å². The lowest BCUT2D eigenvalue weighted by atomic mass is 10.1. The zero-order valence-electron chi connectivity index (χ0n) is 9.69. The molecule has 0 saturated carbocycles. The van der Waals surface area contributed by atoms with Crippen LogP contribution in [0.1, 0.15) is 17.4 Å². The maximum absolute atomic E-state index is 13.2. The van der Waals surface area contributed by atoms with Gasteiger partial charge in [-0.3, -0.25) is 5.84 Å². The number of hydrogen-bond donors (Lipinski definition) is 2. The quantitative estimate of drug-likeness (QED) is 0.560. The van der Waals surface area contributed by atoms with Gasteiger partial charge in [0, 0.05) is 5.39 Å². The number of halogens is 2. The van der Waals surface area contributed by atoms with Crippen molar-refractivity contribution in [2.75, 3.05) is 0 Å². The average molecular weight is 341 g/mol. The van der Waals surface area contributed by atoms with E-state index in [2.05, 4.69) is 21.4 Å². The minimum atomic E-state index is -0.282. The van der Waals surface area contributed by atoms with Gasteiger partial charge in [0.15, 0.2) is 0 Å². The van der Waals surface area contributed by atoms with Crippen molar-refractivity contribution in [3.8, 4) is 0 Å². The fourth-order valence-corrected chi connectivity index (χ4v) is 3.20. The van der Waals surface area contributed by atoms with Crippen molar-refractivity contribution >= 4 is 38.2 Å². The van der Waals surface area contributed by atoms with Gasteiger partial charge in [-0.25, -0.2) is 9.82 Å². The summed E-state index contributed by atoms with van der Waals surface area (Å²) in [6.45, 7) is 0. The lowest BCUT2D eigenvalue weighted by molar-refractivity contribution is 0.477. The molecule has 0 radical (unpaired) electrons. The highest BCUT2D eigenvalue weighted by atomic mass is 79.9. The zero-order valence-corrected chi connectivity index (χ0v) is 12.1. The molecule has 0 fully saturated rings. The number of benzene rings is 1. The number of rotatable bonds is 3. The third-order valence-electron chi connectivity index (χ3n) is 2.87. The van der Waals surface area contributed by atoms with E-state index in [1.165, 1.54) is 12.1 Å². The van der Waals surface area contributed by atoms with Gasteiger partial charge in [-0.1, -0.05) is 0 Å². The minimum Gasteiger partial charge on any atom is -0.459 e. The van der Waals surface area contributed by atoms with E-state index in [0.29, 0.717) is 11.3 Å². The van der Waals surface area contributed by atoms with Crippen molar-refractivity contribution in [2.45, 2.75) is 6.04 Å². The molecule has 2 heterocycles. The normalized spacial score (nSPS) is 13.0. The Balaban J connectivity index is 2.06. The lowest BCUT2D eigenvalue weighted by Gasteiger charge is -2.10. The molecule has 0 aliphatic rings. The van der Waals surface area contributed by atoms with Crippen LogP contribution in [0.5, 0.6) is 0 Å². The van der Waals surface area contributed by atoms with Crippen molar-refractivity contribution in [3.63, 3.8) is 0 Å². The van der Waals surface area contributed by atoms with Crippen LogP contribution in [-0.4, -0.2) is 0 Å². The Labute approximate surface area is 121 Å². The topological polar surface area (TPSA) is 51.2 Å². The van der Waals surface area contributed by atoms with Gasteiger partial charge in [0.25, 0.3) is 0 Å². The summed E-state index contributed by atoms with van der Waals surface area (Å²) in [7, 11) is 0. The zero-order chi connectivity index (χ0) is 13.4. The van der Waals surface area contributed by atoms with E-state index < -0.39 is 0 Å². The average Bonchev–Trinajstić information content (AvgIpc) is 2.96. The number of hydrogen-bond acceptors (Lipinski definition) is 4. The van der Waals surface area contributed by atoms with Crippen LogP contribution in [0.4, 0.5) is 4.39 Å². The molecule has 1 aromatic carbocycles. The third kappa shape index (κ3) is 2.44. The van der Waals surface area contributed by atoms with Crippen LogP contribution in [0.25, 0.3) is 11.0 Å². The Kier molecular flexibility index (Phi) is 3.40. The van der Waals surface area contributed by atoms with E-state index in [-0.39, 0.29) is 11.9 Å². The molecule has 0 aliphatic carbocycles. The predicted octanol–water partition coefficient (Wildman–Crippen LogP) is 3.95. The van der Waals surface area contributed by atoms with Crippen LogP contribution in [0, 0.1) is 5.82 Å². The van der Waals surface area contributed by atoms with Crippen molar-refractivity contribution in [1.82, 2.24) is 5.43 Å². The Bertz CT molecular complexity index is 724. The molecule has 1 atom stereocenters. The van der Waals surface area contributed by atoms with Gasteiger partial charge in [0.2, 0.25) is 0 Å². The summed E-state index contributed by atoms with van der Waals surface area (Å²) >= 11 is 4.99. The second-order valence-corrected chi connectivity index (χ2v) is 6.41. The third-order valence-corrected chi connectivity index (χ3v) is 4.39. The van der Waals surface area contributed by atoms with Crippen molar-refractivity contribution in [2.24, 2.45) is 5.84 Å². The molecule has 0 spiro atoms.